The molecule has 1 heterocycles. The highest BCUT2D eigenvalue weighted by atomic mass is 19.1. The quantitative estimate of drug-likeness (QED) is 0.863. The average Bonchev–Trinajstić information content (AvgIpc) is 2.34. The molecule has 1 aromatic rings. The second-order valence-corrected chi connectivity index (χ2v) is 4.21. The van der Waals surface area contributed by atoms with Crippen LogP contribution in [0.4, 0.5) is 4.39 Å². The number of piperazine rings is 1. The van der Waals surface area contributed by atoms with Crippen molar-refractivity contribution in [2.24, 2.45) is 0 Å². The van der Waals surface area contributed by atoms with Gasteiger partial charge in [0.15, 0.2) is 0 Å². The van der Waals surface area contributed by atoms with Crippen molar-refractivity contribution in [3.8, 4) is 5.75 Å². The van der Waals surface area contributed by atoms with Crippen LogP contribution in [0.15, 0.2) is 18.2 Å². The van der Waals surface area contributed by atoms with Crippen LogP contribution < -0.4 is 10.1 Å². The molecule has 0 atom stereocenters. The van der Waals surface area contributed by atoms with Crippen molar-refractivity contribution in [2.75, 3.05) is 32.8 Å². The Kier molecular flexibility index (Phi) is 4.34. The molecule has 4 heteroatoms. The molecule has 0 aliphatic carbocycles. The van der Waals surface area contributed by atoms with Crippen molar-refractivity contribution in [2.45, 2.75) is 13.5 Å². The monoisotopic (exact) mass is 238 g/mol. The molecule has 1 fully saturated rings. The summed E-state index contributed by atoms with van der Waals surface area (Å²) in [5, 5.41) is 3.29. The van der Waals surface area contributed by atoms with Crippen molar-refractivity contribution in [1.29, 1.82) is 0 Å². The van der Waals surface area contributed by atoms with E-state index in [1.807, 2.05) is 19.1 Å². The van der Waals surface area contributed by atoms with Gasteiger partial charge < -0.3 is 10.1 Å². The van der Waals surface area contributed by atoms with Crippen molar-refractivity contribution < 1.29 is 9.13 Å². The predicted molar refractivity (Wildman–Crippen MR) is 65.7 cm³/mol. The van der Waals surface area contributed by atoms with Gasteiger partial charge in [0.25, 0.3) is 0 Å². The van der Waals surface area contributed by atoms with Crippen LogP contribution >= 0.6 is 0 Å². The number of benzene rings is 1. The van der Waals surface area contributed by atoms with Gasteiger partial charge in [0.1, 0.15) is 11.6 Å². The van der Waals surface area contributed by atoms with Gasteiger partial charge in [-0.25, -0.2) is 4.39 Å². The molecule has 2 rings (SSSR count). The van der Waals surface area contributed by atoms with E-state index in [0.717, 1.165) is 31.7 Å². The maximum absolute atomic E-state index is 13.8. The van der Waals surface area contributed by atoms with Crippen LogP contribution in [0.25, 0.3) is 0 Å². The second-order valence-electron chi connectivity index (χ2n) is 4.21. The smallest absolute Gasteiger partial charge is 0.131 e. The van der Waals surface area contributed by atoms with Crippen LogP contribution in [-0.2, 0) is 6.54 Å². The van der Waals surface area contributed by atoms with E-state index in [1.165, 1.54) is 6.07 Å². The third kappa shape index (κ3) is 3.41. The molecule has 0 saturated carbocycles. The van der Waals surface area contributed by atoms with E-state index in [4.69, 9.17) is 4.74 Å². The van der Waals surface area contributed by atoms with Crippen LogP contribution in [0.3, 0.4) is 0 Å². The van der Waals surface area contributed by atoms with E-state index in [2.05, 4.69) is 10.2 Å². The first kappa shape index (κ1) is 12.3. The molecule has 0 amide bonds. The number of hydrogen-bond donors (Lipinski definition) is 1. The van der Waals surface area contributed by atoms with Crippen LogP contribution in [0.5, 0.6) is 5.75 Å². The fourth-order valence-corrected chi connectivity index (χ4v) is 2.02. The highest BCUT2D eigenvalue weighted by molar-refractivity contribution is 5.29. The van der Waals surface area contributed by atoms with E-state index in [1.54, 1.807) is 0 Å². The Bertz CT molecular complexity index is 364. The normalized spacial score (nSPS) is 17.1. The summed E-state index contributed by atoms with van der Waals surface area (Å²) in [7, 11) is 0. The van der Waals surface area contributed by atoms with Gasteiger partial charge in [0.05, 0.1) is 6.61 Å². The molecular weight excluding hydrogens is 219 g/mol. The SMILES string of the molecule is CCOc1ccc(CN2CCNCC2)c(F)c1. The molecule has 1 N–H and O–H groups in total. The molecule has 0 spiro atoms. The number of hydrogen-bond acceptors (Lipinski definition) is 3. The first-order valence-electron chi connectivity index (χ1n) is 6.14. The van der Waals surface area contributed by atoms with E-state index in [0.29, 0.717) is 18.9 Å². The molecule has 0 unspecified atom stereocenters. The Balaban J connectivity index is 2.00. The lowest BCUT2D eigenvalue weighted by molar-refractivity contribution is 0.230. The van der Waals surface area contributed by atoms with E-state index in [-0.39, 0.29) is 5.82 Å². The van der Waals surface area contributed by atoms with Crippen molar-refractivity contribution in [1.82, 2.24) is 10.2 Å². The maximum Gasteiger partial charge on any atom is 0.131 e. The summed E-state index contributed by atoms with van der Waals surface area (Å²) in [5.41, 5.74) is 0.746. The summed E-state index contributed by atoms with van der Waals surface area (Å²) in [6.07, 6.45) is 0. The Morgan fingerprint density at radius 2 is 2.12 bits per heavy atom. The van der Waals surface area contributed by atoms with Gasteiger partial charge in [-0.15, -0.1) is 0 Å². The van der Waals surface area contributed by atoms with Crippen LogP contribution in [0, 0.1) is 5.82 Å². The first-order valence-corrected chi connectivity index (χ1v) is 6.14. The van der Waals surface area contributed by atoms with Gasteiger partial charge in [-0.3, -0.25) is 4.90 Å². The van der Waals surface area contributed by atoms with Crippen molar-refractivity contribution >= 4 is 0 Å². The zero-order valence-electron chi connectivity index (χ0n) is 10.2. The predicted octanol–water partition coefficient (Wildman–Crippen LogP) is 1.63. The van der Waals surface area contributed by atoms with Crippen LogP contribution in [-0.4, -0.2) is 37.7 Å². The largest absolute Gasteiger partial charge is 0.494 e. The molecule has 17 heavy (non-hydrogen) atoms. The number of halogens is 1. The minimum atomic E-state index is -0.172. The molecule has 3 nitrogen and oxygen atoms in total. The average molecular weight is 238 g/mol. The highest BCUT2D eigenvalue weighted by Crippen LogP contribution is 2.18. The Morgan fingerprint density at radius 3 is 2.76 bits per heavy atom. The lowest BCUT2D eigenvalue weighted by atomic mass is 10.2. The Morgan fingerprint density at radius 1 is 1.35 bits per heavy atom. The topological polar surface area (TPSA) is 24.5 Å². The maximum atomic E-state index is 13.8. The molecule has 0 aromatic heterocycles. The Labute approximate surface area is 102 Å². The summed E-state index contributed by atoms with van der Waals surface area (Å²) in [6, 6.07) is 5.13. The fourth-order valence-electron chi connectivity index (χ4n) is 2.02. The van der Waals surface area contributed by atoms with Gasteiger partial charge in [0, 0.05) is 44.4 Å². The summed E-state index contributed by atoms with van der Waals surface area (Å²) in [4.78, 5) is 2.26. The number of nitrogens with zero attached hydrogens (tertiary/aromatic N) is 1. The van der Waals surface area contributed by atoms with Gasteiger partial charge in [-0.1, -0.05) is 6.07 Å². The van der Waals surface area contributed by atoms with Gasteiger partial charge in [-0.2, -0.15) is 0 Å². The van der Waals surface area contributed by atoms with Gasteiger partial charge in [-0.05, 0) is 13.0 Å². The standard InChI is InChI=1S/C13H19FN2O/c1-2-17-12-4-3-11(13(14)9-12)10-16-7-5-15-6-8-16/h3-4,9,15H,2,5-8,10H2,1H3. The summed E-state index contributed by atoms with van der Waals surface area (Å²) in [5.74, 6) is 0.434. The Hall–Kier alpha value is -1.13. The van der Waals surface area contributed by atoms with Crippen LogP contribution in [0.2, 0.25) is 0 Å². The summed E-state index contributed by atoms with van der Waals surface area (Å²) in [6.45, 7) is 7.07. The molecule has 94 valence electrons. The third-order valence-electron chi connectivity index (χ3n) is 2.94. The van der Waals surface area contributed by atoms with E-state index >= 15 is 0 Å². The minimum Gasteiger partial charge on any atom is -0.494 e. The van der Waals surface area contributed by atoms with Crippen molar-refractivity contribution in [3.05, 3.63) is 29.6 Å². The lowest BCUT2D eigenvalue weighted by Crippen LogP contribution is -2.43. The highest BCUT2D eigenvalue weighted by Gasteiger charge is 2.12. The minimum absolute atomic E-state index is 0.172. The molecular formula is C13H19FN2O. The number of rotatable bonds is 4. The molecule has 1 aromatic carbocycles. The lowest BCUT2D eigenvalue weighted by Gasteiger charge is -2.27. The molecule has 0 radical (unpaired) electrons. The molecule has 0 bridgehead atoms. The van der Waals surface area contributed by atoms with Crippen molar-refractivity contribution in [3.63, 3.8) is 0 Å². The first-order chi connectivity index (χ1) is 8.29. The zero-order valence-corrected chi connectivity index (χ0v) is 10.2. The third-order valence-corrected chi connectivity index (χ3v) is 2.94. The summed E-state index contributed by atoms with van der Waals surface area (Å²) < 4.78 is 19.1. The molecule has 1 saturated heterocycles. The van der Waals surface area contributed by atoms with Gasteiger partial charge in [0.2, 0.25) is 0 Å². The zero-order chi connectivity index (χ0) is 12.1. The molecule has 1 aliphatic rings. The summed E-state index contributed by atoms with van der Waals surface area (Å²) >= 11 is 0. The fraction of sp³-hybridized carbons (Fsp3) is 0.538. The second kappa shape index (κ2) is 5.98. The van der Waals surface area contributed by atoms with E-state index in [9.17, 15) is 4.39 Å². The van der Waals surface area contributed by atoms with Crippen LogP contribution in [0.1, 0.15) is 12.5 Å². The number of nitrogens with one attached hydrogen (secondary N) is 1. The molecule has 1 aliphatic heterocycles. The van der Waals surface area contributed by atoms with Gasteiger partial charge >= 0.3 is 0 Å². The number of ether oxygens (including phenoxy) is 1. The van der Waals surface area contributed by atoms with E-state index < -0.39 is 0 Å².